The van der Waals surface area contributed by atoms with Crippen LogP contribution in [0.15, 0.2) is 48.5 Å². The average Bonchev–Trinajstić information content (AvgIpc) is 2.65. The van der Waals surface area contributed by atoms with Crippen LogP contribution in [0.2, 0.25) is 0 Å². The van der Waals surface area contributed by atoms with E-state index in [0.717, 1.165) is 31.9 Å². The zero-order valence-corrected chi connectivity index (χ0v) is 15.2. The van der Waals surface area contributed by atoms with Crippen molar-refractivity contribution < 1.29 is 9.18 Å². The zero-order valence-electron chi connectivity index (χ0n) is 15.2. The number of amides is 1. The highest BCUT2D eigenvalue weighted by Gasteiger charge is 2.14. The first kappa shape index (κ1) is 18.4. The fraction of sp³-hybridized carbons (Fsp3) is 0.381. The van der Waals surface area contributed by atoms with Gasteiger partial charge in [-0.05, 0) is 55.8 Å². The monoisotopic (exact) mass is 355 g/mol. The number of aryl methyl sites for hydroxylation is 1. The molecule has 5 heteroatoms. The lowest BCUT2D eigenvalue weighted by Gasteiger charge is -2.34. The maximum atomic E-state index is 13.6. The summed E-state index contributed by atoms with van der Waals surface area (Å²) in [5.41, 5.74) is 2.66. The summed E-state index contributed by atoms with van der Waals surface area (Å²) in [6.45, 7) is 4.19. The van der Waals surface area contributed by atoms with Crippen molar-refractivity contribution in [1.82, 2.24) is 4.90 Å². The molecule has 138 valence electrons. The third kappa shape index (κ3) is 5.05. The first-order valence-corrected chi connectivity index (χ1v) is 9.18. The van der Waals surface area contributed by atoms with E-state index in [1.165, 1.54) is 11.8 Å². The molecule has 4 nitrogen and oxygen atoms in total. The topological polar surface area (TPSA) is 35.6 Å². The Bertz CT molecular complexity index is 724. The lowest BCUT2D eigenvalue weighted by atomic mass is 10.1. The highest BCUT2D eigenvalue weighted by Crippen LogP contribution is 2.19. The standard InChI is InChI=1S/C21H26FN3O/c1-24-13-15-25(16-14-24)19-11-9-18(10-12-19)23-21(26)8-4-6-17-5-2-3-7-20(17)22/h2-3,5,7,9-12H,4,6,8,13-16H2,1H3,(H,23,26). The molecule has 0 spiro atoms. The molecule has 0 aliphatic carbocycles. The van der Waals surface area contributed by atoms with Crippen molar-refractivity contribution in [3.63, 3.8) is 0 Å². The van der Waals surface area contributed by atoms with Crippen molar-refractivity contribution in [2.45, 2.75) is 19.3 Å². The van der Waals surface area contributed by atoms with Gasteiger partial charge >= 0.3 is 0 Å². The van der Waals surface area contributed by atoms with E-state index < -0.39 is 0 Å². The highest BCUT2D eigenvalue weighted by molar-refractivity contribution is 5.90. The summed E-state index contributed by atoms with van der Waals surface area (Å²) in [6, 6.07) is 14.7. The number of halogens is 1. The van der Waals surface area contributed by atoms with Gasteiger partial charge in [-0.1, -0.05) is 18.2 Å². The minimum Gasteiger partial charge on any atom is -0.369 e. The molecular formula is C21H26FN3O. The van der Waals surface area contributed by atoms with Crippen molar-refractivity contribution in [2.24, 2.45) is 0 Å². The van der Waals surface area contributed by atoms with Crippen LogP contribution >= 0.6 is 0 Å². The summed E-state index contributed by atoms with van der Waals surface area (Å²) in [5, 5.41) is 2.92. The van der Waals surface area contributed by atoms with Gasteiger partial charge in [-0.3, -0.25) is 4.79 Å². The number of likely N-dealkylation sites (N-methyl/N-ethyl adjacent to an activating group) is 1. The van der Waals surface area contributed by atoms with Crippen LogP contribution in [-0.2, 0) is 11.2 Å². The second-order valence-electron chi connectivity index (χ2n) is 6.83. The molecule has 0 aromatic heterocycles. The first-order chi connectivity index (χ1) is 12.6. The van der Waals surface area contributed by atoms with E-state index in [1.54, 1.807) is 12.1 Å². The van der Waals surface area contributed by atoms with Crippen LogP contribution in [0, 0.1) is 5.82 Å². The van der Waals surface area contributed by atoms with Crippen LogP contribution in [0.4, 0.5) is 15.8 Å². The number of anilines is 2. The Morgan fingerprint density at radius 2 is 1.73 bits per heavy atom. The molecule has 1 N–H and O–H groups in total. The third-order valence-corrected chi connectivity index (χ3v) is 4.83. The van der Waals surface area contributed by atoms with Crippen LogP contribution < -0.4 is 10.2 Å². The zero-order chi connectivity index (χ0) is 18.4. The molecule has 1 saturated heterocycles. The molecule has 1 amide bonds. The van der Waals surface area contributed by atoms with Crippen molar-refractivity contribution in [2.75, 3.05) is 43.4 Å². The minimum absolute atomic E-state index is 0.0336. The second-order valence-corrected chi connectivity index (χ2v) is 6.83. The number of piperazine rings is 1. The maximum absolute atomic E-state index is 13.6. The molecule has 0 saturated carbocycles. The Kier molecular flexibility index (Phi) is 6.23. The van der Waals surface area contributed by atoms with Gasteiger partial charge < -0.3 is 15.1 Å². The number of carbonyl (C=O) groups is 1. The van der Waals surface area contributed by atoms with Gasteiger partial charge in [0.1, 0.15) is 5.82 Å². The molecule has 0 unspecified atom stereocenters. The Morgan fingerprint density at radius 1 is 1.04 bits per heavy atom. The molecule has 0 radical (unpaired) electrons. The summed E-state index contributed by atoms with van der Waals surface area (Å²) in [7, 11) is 2.14. The predicted octanol–water partition coefficient (Wildman–Crippen LogP) is 3.54. The Morgan fingerprint density at radius 3 is 2.42 bits per heavy atom. The van der Waals surface area contributed by atoms with Gasteiger partial charge in [-0.15, -0.1) is 0 Å². The Labute approximate surface area is 154 Å². The molecule has 2 aromatic carbocycles. The van der Waals surface area contributed by atoms with Crippen LogP contribution in [-0.4, -0.2) is 44.0 Å². The number of nitrogens with zero attached hydrogens (tertiary/aromatic N) is 2. The molecule has 2 aromatic rings. The number of hydrogen-bond acceptors (Lipinski definition) is 3. The number of benzene rings is 2. The van der Waals surface area contributed by atoms with Crippen LogP contribution in [0.5, 0.6) is 0 Å². The largest absolute Gasteiger partial charge is 0.369 e. The number of hydrogen-bond donors (Lipinski definition) is 1. The lowest BCUT2D eigenvalue weighted by molar-refractivity contribution is -0.116. The highest BCUT2D eigenvalue weighted by atomic mass is 19.1. The molecule has 1 aliphatic rings. The Balaban J connectivity index is 1.45. The van der Waals surface area contributed by atoms with E-state index in [1.807, 2.05) is 18.2 Å². The van der Waals surface area contributed by atoms with Gasteiger partial charge in [0.15, 0.2) is 0 Å². The lowest BCUT2D eigenvalue weighted by Crippen LogP contribution is -2.44. The first-order valence-electron chi connectivity index (χ1n) is 9.18. The molecule has 1 heterocycles. The summed E-state index contributed by atoms with van der Waals surface area (Å²) >= 11 is 0. The van der Waals surface area contributed by atoms with Gasteiger partial charge in [-0.25, -0.2) is 4.39 Å². The summed E-state index contributed by atoms with van der Waals surface area (Å²) in [5.74, 6) is -0.235. The molecular weight excluding hydrogens is 329 g/mol. The van der Waals surface area contributed by atoms with Crippen LogP contribution in [0.25, 0.3) is 0 Å². The molecule has 1 fully saturated rings. The van der Waals surface area contributed by atoms with E-state index in [4.69, 9.17) is 0 Å². The fourth-order valence-corrected chi connectivity index (χ4v) is 3.18. The molecule has 0 bridgehead atoms. The van der Waals surface area contributed by atoms with Crippen LogP contribution in [0.3, 0.4) is 0 Å². The van der Waals surface area contributed by atoms with Gasteiger partial charge in [0.05, 0.1) is 0 Å². The average molecular weight is 355 g/mol. The fourth-order valence-electron chi connectivity index (χ4n) is 3.18. The van der Waals surface area contributed by atoms with Crippen molar-refractivity contribution in [3.8, 4) is 0 Å². The third-order valence-electron chi connectivity index (χ3n) is 4.83. The normalized spacial score (nSPS) is 15.1. The van der Waals surface area contributed by atoms with Crippen molar-refractivity contribution in [3.05, 3.63) is 59.9 Å². The van der Waals surface area contributed by atoms with E-state index in [9.17, 15) is 9.18 Å². The number of rotatable bonds is 6. The van der Waals surface area contributed by atoms with Crippen LogP contribution in [0.1, 0.15) is 18.4 Å². The van der Waals surface area contributed by atoms with E-state index in [2.05, 4.69) is 34.3 Å². The van der Waals surface area contributed by atoms with E-state index in [0.29, 0.717) is 24.8 Å². The molecule has 0 atom stereocenters. The molecule has 1 aliphatic heterocycles. The predicted molar refractivity (Wildman–Crippen MR) is 104 cm³/mol. The number of carbonyl (C=O) groups excluding carboxylic acids is 1. The number of nitrogens with one attached hydrogen (secondary N) is 1. The maximum Gasteiger partial charge on any atom is 0.224 e. The Hall–Kier alpha value is -2.40. The summed E-state index contributed by atoms with van der Waals surface area (Å²) in [6.07, 6.45) is 1.59. The van der Waals surface area contributed by atoms with Gasteiger partial charge in [0.25, 0.3) is 0 Å². The van der Waals surface area contributed by atoms with Gasteiger partial charge in [0.2, 0.25) is 5.91 Å². The van der Waals surface area contributed by atoms with Crippen molar-refractivity contribution >= 4 is 17.3 Å². The smallest absolute Gasteiger partial charge is 0.224 e. The minimum atomic E-state index is -0.201. The summed E-state index contributed by atoms with van der Waals surface area (Å²) < 4.78 is 13.6. The summed E-state index contributed by atoms with van der Waals surface area (Å²) in [4.78, 5) is 16.8. The second kappa shape index (κ2) is 8.81. The van der Waals surface area contributed by atoms with E-state index in [-0.39, 0.29) is 11.7 Å². The quantitative estimate of drug-likeness (QED) is 0.861. The van der Waals surface area contributed by atoms with Gasteiger partial charge in [0, 0.05) is 44.0 Å². The van der Waals surface area contributed by atoms with Gasteiger partial charge in [-0.2, -0.15) is 0 Å². The molecule has 26 heavy (non-hydrogen) atoms. The van der Waals surface area contributed by atoms with Crippen molar-refractivity contribution in [1.29, 1.82) is 0 Å². The SMILES string of the molecule is CN1CCN(c2ccc(NC(=O)CCCc3ccccc3F)cc2)CC1. The molecule has 3 rings (SSSR count). The van der Waals surface area contributed by atoms with E-state index >= 15 is 0 Å².